The third kappa shape index (κ3) is 5.08. The Morgan fingerprint density at radius 3 is 2.09 bits per heavy atom. The third-order valence-electron chi connectivity index (χ3n) is 4.71. The van der Waals surface area contributed by atoms with Crippen LogP contribution in [-0.4, -0.2) is 24.5 Å². The molecule has 0 fully saturated rings. The monoisotopic (exact) mass is 464 g/mol. The zero-order chi connectivity index (χ0) is 22.6. The van der Waals surface area contributed by atoms with Crippen molar-refractivity contribution in [2.75, 3.05) is 5.32 Å². The van der Waals surface area contributed by atoms with Gasteiger partial charge in [-0.05, 0) is 30.2 Å². The Hall–Kier alpha value is -3.40. The number of sulfonamides is 1. The minimum Gasteiger partial charge on any atom is -0.296 e. The number of nitrogens with one attached hydrogen (secondary N) is 2. The molecule has 9 heteroatoms. The number of hydrogen-bond donors (Lipinski definition) is 2. The van der Waals surface area contributed by atoms with Crippen molar-refractivity contribution in [3.63, 3.8) is 0 Å². The molecule has 1 amide bonds. The van der Waals surface area contributed by atoms with Crippen molar-refractivity contribution in [3.8, 4) is 0 Å². The predicted octanol–water partition coefficient (Wildman–Crippen LogP) is 4.17. The number of carbonyl (C=O) groups excluding carboxylic acids is 1. The molecular formula is C23H20N4O3S2. The molecular weight excluding hydrogens is 444 g/mol. The van der Waals surface area contributed by atoms with E-state index < -0.39 is 16.1 Å². The van der Waals surface area contributed by atoms with Crippen molar-refractivity contribution in [2.24, 2.45) is 0 Å². The Morgan fingerprint density at radius 2 is 1.44 bits per heavy atom. The Bertz CT molecular complexity index is 1310. The van der Waals surface area contributed by atoms with E-state index in [0.717, 1.165) is 28.0 Å². The van der Waals surface area contributed by atoms with E-state index in [-0.39, 0.29) is 15.4 Å². The van der Waals surface area contributed by atoms with Gasteiger partial charge in [-0.2, -0.15) is 4.72 Å². The fraction of sp³-hybridized carbons (Fsp3) is 0.0870. The molecule has 0 saturated heterocycles. The first-order chi connectivity index (χ1) is 15.4. The Morgan fingerprint density at radius 1 is 0.844 bits per heavy atom. The van der Waals surface area contributed by atoms with Crippen LogP contribution < -0.4 is 10.0 Å². The minimum atomic E-state index is -4.00. The summed E-state index contributed by atoms with van der Waals surface area (Å²) in [5.41, 5.74) is 3.11. The molecule has 0 spiro atoms. The molecule has 3 aromatic carbocycles. The van der Waals surface area contributed by atoms with Crippen LogP contribution in [0.4, 0.5) is 5.13 Å². The number of carbonyl (C=O) groups is 1. The molecule has 162 valence electrons. The summed E-state index contributed by atoms with van der Waals surface area (Å²) in [7, 11) is -4.00. The van der Waals surface area contributed by atoms with E-state index in [9.17, 15) is 13.2 Å². The first-order valence-electron chi connectivity index (χ1n) is 9.76. The van der Waals surface area contributed by atoms with Gasteiger partial charge in [-0.25, -0.2) is 8.42 Å². The molecule has 1 heterocycles. The largest absolute Gasteiger partial charge is 0.296 e. The summed E-state index contributed by atoms with van der Waals surface area (Å²) in [6.45, 7) is 1.97. The van der Waals surface area contributed by atoms with E-state index in [1.807, 2.05) is 61.5 Å². The molecule has 0 aliphatic carbocycles. The van der Waals surface area contributed by atoms with Gasteiger partial charge in [0.1, 0.15) is 0 Å². The number of aryl methyl sites for hydroxylation is 1. The van der Waals surface area contributed by atoms with Crippen LogP contribution in [0.1, 0.15) is 33.1 Å². The Balaban J connectivity index is 1.58. The van der Waals surface area contributed by atoms with Crippen molar-refractivity contribution < 1.29 is 13.2 Å². The van der Waals surface area contributed by atoms with E-state index in [1.54, 1.807) is 30.3 Å². The fourth-order valence-corrected chi connectivity index (χ4v) is 5.19. The molecule has 0 bridgehead atoms. The lowest BCUT2D eigenvalue weighted by molar-refractivity contribution is 0.102. The third-order valence-corrected chi connectivity index (χ3v) is 7.34. The molecule has 32 heavy (non-hydrogen) atoms. The SMILES string of the molecule is Cc1ccc(C(NS(=O)(=O)c2nnc(NC(=O)c3ccccc3)s2)c2ccccc2)cc1. The highest BCUT2D eigenvalue weighted by Crippen LogP contribution is 2.27. The summed E-state index contributed by atoms with van der Waals surface area (Å²) >= 11 is 0.793. The number of amides is 1. The molecule has 0 radical (unpaired) electrons. The van der Waals surface area contributed by atoms with Crippen LogP contribution in [-0.2, 0) is 10.0 Å². The summed E-state index contributed by atoms with van der Waals surface area (Å²) < 4.78 is 28.7. The first-order valence-corrected chi connectivity index (χ1v) is 12.1. The maximum absolute atomic E-state index is 13.1. The van der Waals surface area contributed by atoms with Gasteiger partial charge in [0.15, 0.2) is 0 Å². The number of hydrogen-bond acceptors (Lipinski definition) is 6. The molecule has 7 nitrogen and oxygen atoms in total. The van der Waals surface area contributed by atoms with Crippen LogP contribution in [0.3, 0.4) is 0 Å². The molecule has 1 unspecified atom stereocenters. The van der Waals surface area contributed by atoms with Crippen molar-refractivity contribution in [1.29, 1.82) is 0 Å². The Kier molecular flexibility index (Phi) is 6.40. The molecule has 1 aromatic heterocycles. The van der Waals surface area contributed by atoms with Crippen LogP contribution >= 0.6 is 11.3 Å². The van der Waals surface area contributed by atoms with Crippen molar-refractivity contribution in [1.82, 2.24) is 14.9 Å². The highest BCUT2D eigenvalue weighted by molar-refractivity contribution is 7.91. The van der Waals surface area contributed by atoms with E-state index in [2.05, 4.69) is 20.2 Å². The van der Waals surface area contributed by atoms with E-state index in [1.165, 1.54) is 0 Å². The van der Waals surface area contributed by atoms with Crippen LogP contribution in [0, 0.1) is 6.92 Å². The molecule has 1 atom stereocenters. The second-order valence-corrected chi connectivity index (χ2v) is 9.93. The van der Waals surface area contributed by atoms with Gasteiger partial charge < -0.3 is 0 Å². The quantitative estimate of drug-likeness (QED) is 0.400. The van der Waals surface area contributed by atoms with Crippen molar-refractivity contribution >= 4 is 32.4 Å². The summed E-state index contributed by atoms with van der Waals surface area (Å²) in [5, 5.41) is 10.3. The van der Waals surface area contributed by atoms with Crippen LogP contribution in [0.25, 0.3) is 0 Å². The zero-order valence-corrected chi connectivity index (χ0v) is 18.7. The summed E-state index contributed by atoms with van der Waals surface area (Å²) in [6.07, 6.45) is 0. The molecule has 0 aliphatic rings. The lowest BCUT2D eigenvalue weighted by atomic mass is 9.99. The molecule has 4 aromatic rings. The smallest absolute Gasteiger partial charge is 0.270 e. The standard InChI is InChI=1S/C23H20N4O3S2/c1-16-12-14-18(15-13-16)20(17-8-4-2-5-9-17)27-32(29,30)23-26-25-22(31-23)24-21(28)19-10-6-3-7-11-19/h2-15,20,27H,1H3,(H,24,25,28). The lowest BCUT2D eigenvalue weighted by Gasteiger charge is -2.19. The number of aromatic nitrogens is 2. The topological polar surface area (TPSA) is 101 Å². The van der Waals surface area contributed by atoms with E-state index in [0.29, 0.717) is 5.56 Å². The second kappa shape index (κ2) is 9.39. The average molecular weight is 465 g/mol. The summed E-state index contributed by atoms with van der Waals surface area (Å²) in [6, 6.07) is 24.9. The van der Waals surface area contributed by atoms with Crippen LogP contribution in [0.15, 0.2) is 89.3 Å². The van der Waals surface area contributed by atoms with Gasteiger partial charge in [0, 0.05) is 5.56 Å². The van der Waals surface area contributed by atoms with Crippen molar-refractivity contribution in [3.05, 3.63) is 107 Å². The van der Waals surface area contributed by atoms with Crippen LogP contribution in [0.5, 0.6) is 0 Å². The summed E-state index contributed by atoms with van der Waals surface area (Å²) in [5.74, 6) is -0.388. The molecule has 0 aliphatic heterocycles. The van der Waals surface area contributed by atoms with E-state index >= 15 is 0 Å². The van der Waals surface area contributed by atoms with Gasteiger partial charge in [0.25, 0.3) is 15.9 Å². The van der Waals surface area contributed by atoms with Gasteiger partial charge in [0.05, 0.1) is 6.04 Å². The number of benzene rings is 3. The fourth-order valence-electron chi connectivity index (χ4n) is 3.07. The van der Waals surface area contributed by atoms with Gasteiger partial charge in [-0.15, -0.1) is 10.2 Å². The predicted molar refractivity (Wildman–Crippen MR) is 124 cm³/mol. The Labute approximate surface area is 190 Å². The average Bonchev–Trinajstić information content (AvgIpc) is 3.29. The number of rotatable bonds is 7. The van der Waals surface area contributed by atoms with Crippen LogP contribution in [0.2, 0.25) is 0 Å². The van der Waals surface area contributed by atoms with E-state index in [4.69, 9.17) is 0 Å². The second-order valence-electron chi connectivity index (χ2n) is 7.07. The molecule has 2 N–H and O–H groups in total. The van der Waals surface area contributed by atoms with Gasteiger partial charge in [-0.3, -0.25) is 10.1 Å². The highest BCUT2D eigenvalue weighted by atomic mass is 32.2. The number of anilines is 1. The zero-order valence-electron chi connectivity index (χ0n) is 17.1. The number of nitrogens with zero attached hydrogens (tertiary/aromatic N) is 2. The maximum atomic E-state index is 13.1. The molecule has 0 saturated carbocycles. The normalized spacial score (nSPS) is 12.3. The lowest BCUT2D eigenvalue weighted by Crippen LogP contribution is -2.29. The van der Waals surface area contributed by atoms with Crippen molar-refractivity contribution in [2.45, 2.75) is 17.3 Å². The molecule has 4 rings (SSSR count). The van der Waals surface area contributed by atoms with Gasteiger partial charge in [-0.1, -0.05) is 89.7 Å². The first kappa shape index (κ1) is 21.8. The maximum Gasteiger partial charge on any atom is 0.270 e. The highest BCUT2D eigenvalue weighted by Gasteiger charge is 2.26. The van der Waals surface area contributed by atoms with Gasteiger partial charge in [0.2, 0.25) is 9.47 Å². The minimum absolute atomic E-state index is 0.103. The van der Waals surface area contributed by atoms with Gasteiger partial charge >= 0.3 is 0 Å². The summed E-state index contributed by atoms with van der Waals surface area (Å²) in [4.78, 5) is 12.3.